The fourth-order valence-electron chi connectivity index (χ4n) is 4.18. The van der Waals surface area contributed by atoms with Crippen LogP contribution in [0.3, 0.4) is 0 Å². The fraction of sp³-hybridized carbons (Fsp3) is 0.538. The maximum atomic E-state index is 2.37. The number of hydrogen-bond acceptors (Lipinski definition) is 0. The third kappa shape index (κ3) is 7.36. The number of aryl methyl sites for hydroxylation is 1. The third-order valence-corrected chi connectivity index (χ3v) is 5.74. The van der Waals surface area contributed by atoms with E-state index in [1.54, 1.807) is 5.56 Å². The first-order chi connectivity index (χ1) is 12.8. The van der Waals surface area contributed by atoms with E-state index in [0.29, 0.717) is 0 Å². The molecule has 0 heteroatoms. The Balaban J connectivity index is 2.08. The highest BCUT2D eigenvalue weighted by Crippen LogP contribution is 2.36. The largest absolute Gasteiger partial charge is 0.0654 e. The molecule has 0 nitrogen and oxygen atoms in total. The maximum Gasteiger partial charge on any atom is -0.0133 e. The summed E-state index contributed by atoms with van der Waals surface area (Å²) in [5.41, 5.74) is 3.06. The van der Waals surface area contributed by atoms with Crippen LogP contribution in [0.1, 0.15) is 88.7 Å². The summed E-state index contributed by atoms with van der Waals surface area (Å²) >= 11 is 0. The van der Waals surface area contributed by atoms with Gasteiger partial charge < -0.3 is 0 Å². The van der Waals surface area contributed by atoms with E-state index < -0.39 is 0 Å². The van der Waals surface area contributed by atoms with Gasteiger partial charge in [-0.05, 0) is 48.6 Å². The van der Waals surface area contributed by atoms with Crippen molar-refractivity contribution in [1.29, 1.82) is 0 Å². The molecule has 0 aliphatic heterocycles. The monoisotopic (exact) mass is 350 g/mol. The third-order valence-electron chi connectivity index (χ3n) is 5.74. The summed E-state index contributed by atoms with van der Waals surface area (Å²) in [6.45, 7) is 4.63. The van der Waals surface area contributed by atoms with E-state index in [1.807, 2.05) is 0 Å². The van der Waals surface area contributed by atoms with Crippen molar-refractivity contribution in [2.24, 2.45) is 5.92 Å². The lowest BCUT2D eigenvalue weighted by atomic mass is 9.77. The first-order valence-corrected chi connectivity index (χ1v) is 10.9. The Labute approximate surface area is 162 Å². The van der Waals surface area contributed by atoms with Crippen LogP contribution >= 0.6 is 0 Å². The minimum absolute atomic E-state index is 0.725. The van der Waals surface area contributed by atoms with Gasteiger partial charge in [0.05, 0.1) is 0 Å². The summed E-state index contributed by atoms with van der Waals surface area (Å²) in [5.74, 6) is 1.53. The molecular formula is C26H38. The molecule has 0 N–H and O–H groups in total. The fourth-order valence-corrected chi connectivity index (χ4v) is 4.18. The molecule has 142 valence electrons. The standard InChI is InChI=1S/C26H38/c1-3-5-7-14-20-26(24-18-12-9-13-19-24)25(17-6-4-2)22-21-23-15-10-8-11-16-23/h8-13,15-16,18-19,25-26H,3-7,14,17,20-22H2,1-2H3. The average molecular weight is 351 g/mol. The summed E-state index contributed by atoms with van der Waals surface area (Å²) in [6.07, 6.45) is 13.4. The van der Waals surface area contributed by atoms with Crippen LogP contribution in [0.5, 0.6) is 0 Å². The Kier molecular flexibility index (Phi) is 10.2. The van der Waals surface area contributed by atoms with Crippen molar-refractivity contribution in [3.05, 3.63) is 71.8 Å². The van der Waals surface area contributed by atoms with Gasteiger partial charge in [-0.3, -0.25) is 0 Å². The molecule has 0 bridgehead atoms. The van der Waals surface area contributed by atoms with Gasteiger partial charge in [0, 0.05) is 0 Å². The molecule has 26 heavy (non-hydrogen) atoms. The van der Waals surface area contributed by atoms with Crippen LogP contribution in [0.2, 0.25) is 0 Å². The molecule has 2 rings (SSSR count). The molecule has 0 fully saturated rings. The maximum absolute atomic E-state index is 2.37. The van der Waals surface area contributed by atoms with E-state index in [2.05, 4.69) is 74.5 Å². The predicted molar refractivity (Wildman–Crippen MR) is 116 cm³/mol. The molecule has 2 aromatic rings. The molecule has 0 aliphatic carbocycles. The molecule has 0 saturated carbocycles. The van der Waals surface area contributed by atoms with Crippen LogP contribution in [0.15, 0.2) is 60.7 Å². The zero-order valence-electron chi connectivity index (χ0n) is 17.0. The lowest BCUT2D eigenvalue weighted by Gasteiger charge is -2.28. The molecule has 0 amide bonds. The number of benzene rings is 2. The first kappa shape index (κ1) is 20.7. The van der Waals surface area contributed by atoms with Gasteiger partial charge in [0.1, 0.15) is 0 Å². The van der Waals surface area contributed by atoms with Crippen molar-refractivity contribution in [3.8, 4) is 0 Å². The highest BCUT2D eigenvalue weighted by atomic mass is 14.3. The first-order valence-electron chi connectivity index (χ1n) is 10.9. The Hall–Kier alpha value is -1.56. The van der Waals surface area contributed by atoms with Crippen molar-refractivity contribution in [2.45, 2.75) is 84.0 Å². The van der Waals surface area contributed by atoms with Crippen molar-refractivity contribution in [2.75, 3.05) is 0 Å². The smallest absolute Gasteiger partial charge is 0.0133 e. The second kappa shape index (κ2) is 12.7. The quantitative estimate of drug-likeness (QED) is 0.319. The zero-order valence-corrected chi connectivity index (χ0v) is 17.0. The van der Waals surface area contributed by atoms with Gasteiger partial charge in [0.2, 0.25) is 0 Å². The molecule has 2 unspecified atom stereocenters. The average Bonchev–Trinajstić information content (AvgIpc) is 2.70. The van der Waals surface area contributed by atoms with E-state index >= 15 is 0 Å². The second-order valence-electron chi connectivity index (χ2n) is 7.79. The van der Waals surface area contributed by atoms with Crippen molar-refractivity contribution < 1.29 is 0 Å². The van der Waals surface area contributed by atoms with Gasteiger partial charge in [-0.15, -0.1) is 0 Å². The van der Waals surface area contributed by atoms with Crippen molar-refractivity contribution in [3.63, 3.8) is 0 Å². The molecule has 0 heterocycles. The minimum atomic E-state index is 0.725. The molecule has 0 saturated heterocycles. The molecule has 0 aliphatic rings. The minimum Gasteiger partial charge on any atom is -0.0654 e. The van der Waals surface area contributed by atoms with E-state index in [1.165, 1.54) is 69.8 Å². The van der Waals surface area contributed by atoms with Gasteiger partial charge >= 0.3 is 0 Å². The van der Waals surface area contributed by atoms with Crippen molar-refractivity contribution in [1.82, 2.24) is 0 Å². The summed E-state index contributed by atoms with van der Waals surface area (Å²) in [4.78, 5) is 0. The molecule has 2 atom stereocenters. The van der Waals surface area contributed by atoms with Gasteiger partial charge in [0.15, 0.2) is 0 Å². The predicted octanol–water partition coefficient (Wildman–Crippen LogP) is 8.18. The van der Waals surface area contributed by atoms with Crippen LogP contribution in [-0.4, -0.2) is 0 Å². The molecule has 0 radical (unpaired) electrons. The second-order valence-corrected chi connectivity index (χ2v) is 7.79. The summed E-state index contributed by atoms with van der Waals surface area (Å²) in [5, 5.41) is 0. The highest BCUT2D eigenvalue weighted by Gasteiger charge is 2.22. The molecule has 2 aromatic carbocycles. The van der Waals surface area contributed by atoms with Crippen LogP contribution in [0.4, 0.5) is 0 Å². The van der Waals surface area contributed by atoms with Crippen molar-refractivity contribution >= 4 is 0 Å². The van der Waals surface area contributed by atoms with E-state index in [0.717, 1.165) is 11.8 Å². The SMILES string of the molecule is CCCCCCC(c1ccccc1)C(CCCC)CCc1ccccc1. The van der Waals surface area contributed by atoms with Gasteiger partial charge in [-0.2, -0.15) is 0 Å². The number of rotatable bonds is 13. The topological polar surface area (TPSA) is 0 Å². The number of hydrogen-bond donors (Lipinski definition) is 0. The number of unbranched alkanes of at least 4 members (excludes halogenated alkanes) is 4. The Morgan fingerprint density at radius 2 is 1.27 bits per heavy atom. The Morgan fingerprint density at radius 1 is 0.615 bits per heavy atom. The van der Waals surface area contributed by atoms with Gasteiger partial charge in [-0.25, -0.2) is 0 Å². The summed E-state index contributed by atoms with van der Waals surface area (Å²) in [6, 6.07) is 22.4. The van der Waals surface area contributed by atoms with E-state index in [9.17, 15) is 0 Å². The lowest BCUT2D eigenvalue weighted by molar-refractivity contribution is 0.336. The van der Waals surface area contributed by atoms with E-state index in [4.69, 9.17) is 0 Å². The molecule has 0 spiro atoms. The van der Waals surface area contributed by atoms with Crippen LogP contribution in [0.25, 0.3) is 0 Å². The van der Waals surface area contributed by atoms with E-state index in [-0.39, 0.29) is 0 Å². The normalized spacial score (nSPS) is 13.5. The highest BCUT2D eigenvalue weighted by molar-refractivity contribution is 5.21. The van der Waals surface area contributed by atoms with Crippen LogP contribution in [0, 0.1) is 5.92 Å². The van der Waals surface area contributed by atoms with Crippen LogP contribution in [-0.2, 0) is 6.42 Å². The van der Waals surface area contributed by atoms with Gasteiger partial charge in [-0.1, -0.05) is 113 Å². The summed E-state index contributed by atoms with van der Waals surface area (Å²) < 4.78 is 0. The lowest BCUT2D eigenvalue weighted by Crippen LogP contribution is -2.15. The molecule has 0 aromatic heterocycles. The molecular weight excluding hydrogens is 312 g/mol. The Morgan fingerprint density at radius 3 is 1.92 bits per heavy atom. The van der Waals surface area contributed by atoms with Crippen LogP contribution < -0.4 is 0 Å². The Bertz CT molecular complexity index is 557. The van der Waals surface area contributed by atoms with Gasteiger partial charge in [0.25, 0.3) is 0 Å². The zero-order chi connectivity index (χ0) is 18.5. The summed E-state index contributed by atoms with van der Waals surface area (Å²) in [7, 11) is 0.